The minimum absolute atomic E-state index is 0.0663. The average Bonchev–Trinajstić information content (AvgIpc) is 2.37. The fraction of sp³-hybridized carbons (Fsp3) is 0.500. The highest BCUT2D eigenvalue weighted by molar-refractivity contribution is 5.79. The Labute approximate surface area is 117 Å². The van der Waals surface area contributed by atoms with Crippen molar-refractivity contribution in [3.05, 3.63) is 29.8 Å². The van der Waals surface area contributed by atoms with Gasteiger partial charge in [-0.3, -0.25) is 4.79 Å². The molecule has 20 heavy (non-hydrogen) atoms. The molecule has 0 bridgehead atoms. The van der Waals surface area contributed by atoms with Crippen LogP contribution < -0.4 is 15.8 Å². The van der Waals surface area contributed by atoms with E-state index in [4.69, 9.17) is 5.73 Å². The predicted octanol–water partition coefficient (Wildman–Crippen LogP) is 2.14. The summed E-state index contributed by atoms with van der Waals surface area (Å²) in [5, 5.41) is 2.70. The molecule has 1 aromatic rings. The summed E-state index contributed by atoms with van der Waals surface area (Å²) in [5.74, 6) is -0.295. The van der Waals surface area contributed by atoms with Crippen LogP contribution in [0, 0.1) is 11.8 Å². The van der Waals surface area contributed by atoms with Crippen LogP contribution in [-0.2, 0) is 11.3 Å². The molecule has 0 heterocycles. The highest BCUT2D eigenvalue weighted by atomic mass is 19.3. The summed E-state index contributed by atoms with van der Waals surface area (Å²) in [5.41, 5.74) is 6.06. The van der Waals surface area contributed by atoms with Crippen molar-refractivity contribution >= 4 is 5.91 Å². The lowest BCUT2D eigenvalue weighted by Crippen LogP contribution is -2.37. The first-order valence-corrected chi connectivity index (χ1v) is 6.46. The lowest BCUT2D eigenvalue weighted by molar-refractivity contribution is -0.126. The van der Waals surface area contributed by atoms with Gasteiger partial charge in [0, 0.05) is 18.7 Å². The maximum atomic E-state index is 12.3. The molecule has 0 aromatic heterocycles. The fourth-order valence-corrected chi connectivity index (χ4v) is 1.86. The molecule has 1 aromatic carbocycles. The SMILES string of the molecule is CC(C)C(CN)C(=O)NCc1ccccc1OC(F)F. The molecule has 6 heteroatoms. The third kappa shape index (κ3) is 4.77. The van der Waals surface area contributed by atoms with Gasteiger partial charge >= 0.3 is 6.61 Å². The van der Waals surface area contributed by atoms with Crippen molar-refractivity contribution in [2.75, 3.05) is 6.54 Å². The van der Waals surface area contributed by atoms with Gasteiger partial charge < -0.3 is 15.8 Å². The van der Waals surface area contributed by atoms with Crippen LogP contribution in [0.2, 0.25) is 0 Å². The van der Waals surface area contributed by atoms with Gasteiger partial charge in [-0.25, -0.2) is 0 Å². The minimum atomic E-state index is -2.89. The van der Waals surface area contributed by atoms with E-state index in [-0.39, 0.29) is 36.6 Å². The molecule has 1 atom stereocenters. The van der Waals surface area contributed by atoms with Gasteiger partial charge in [0.05, 0.1) is 5.92 Å². The standard InChI is InChI=1S/C14H20F2N2O2/c1-9(2)11(7-17)13(19)18-8-10-5-3-4-6-12(10)20-14(15)16/h3-6,9,11,14H,7-8,17H2,1-2H3,(H,18,19). The summed E-state index contributed by atoms with van der Waals surface area (Å²) in [6.45, 7) is 1.30. The van der Waals surface area contributed by atoms with Gasteiger partial charge in [-0.15, -0.1) is 0 Å². The smallest absolute Gasteiger partial charge is 0.387 e. The van der Waals surface area contributed by atoms with Crippen molar-refractivity contribution < 1.29 is 18.3 Å². The molecule has 1 rings (SSSR count). The van der Waals surface area contributed by atoms with Crippen molar-refractivity contribution in [2.24, 2.45) is 17.6 Å². The van der Waals surface area contributed by atoms with E-state index in [1.165, 1.54) is 6.07 Å². The van der Waals surface area contributed by atoms with E-state index in [1.54, 1.807) is 18.2 Å². The Morgan fingerprint density at radius 2 is 2.00 bits per heavy atom. The summed E-state index contributed by atoms with van der Waals surface area (Å²) in [4.78, 5) is 11.9. The summed E-state index contributed by atoms with van der Waals surface area (Å²) in [6.07, 6.45) is 0. The largest absolute Gasteiger partial charge is 0.434 e. The van der Waals surface area contributed by atoms with Gasteiger partial charge in [-0.2, -0.15) is 8.78 Å². The Kier molecular flexibility index (Phi) is 6.38. The van der Waals surface area contributed by atoms with Crippen LogP contribution in [0.5, 0.6) is 5.75 Å². The number of nitrogens with two attached hydrogens (primary N) is 1. The Hall–Kier alpha value is -1.69. The number of nitrogens with one attached hydrogen (secondary N) is 1. The van der Waals surface area contributed by atoms with Crippen LogP contribution in [-0.4, -0.2) is 19.1 Å². The van der Waals surface area contributed by atoms with Crippen LogP contribution in [0.15, 0.2) is 24.3 Å². The molecule has 0 radical (unpaired) electrons. The van der Waals surface area contributed by atoms with Crippen LogP contribution >= 0.6 is 0 Å². The van der Waals surface area contributed by atoms with E-state index >= 15 is 0 Å². The normalized spacial score (nSPS) is 12.6. The summed E-state index contributed by atoms with van der Waals surface area (Å²) in [6, 6.07) is 6.36. The highest BCUT2D eigenvalue weighted by Crippen LogP contribution is 2.20. The first-order valence-electron chi connectivity index (χ1n) is 6.46. The van der Waals surface area contributed by atoms with Crippen LogP contribution in [0.4, 0.5) is 8.78 Å². The summed E-state index contributed by atoms with van der Waals surface area (Å²) >= 11 is 0. The number of benzene rings is 1. The van der Waals surface area contributed by atoms with Crippen LogP contribution in [0.25, 0.3) is 0 Å². The molecule has 1 amide bonds. The second-order valence-corrected chi connectivity index (χ2v) is 4.79. The van der Waals surface area contributed by atoms with Crippen LogP contribution in [0.1, 0.15) is 19.4 Å². The molecular formula is C14H20F2N2O2. The molecule has 1 unspecified atom stereocenters. The van der Waals surface area contributed by atoms with E-state index in [1.807, 2.05) is 13.8 Å². The zero-order chi connectivity index (χ0) is 15.1. The fourth-order valence-electron chi connectivity index (χ4n) is 1.86. The van der Waals surface area contributed by atoms with E-state index in [0.717, 1.165) is 0 Å². The van der Waals surface area contributed by atoms with Gasteiger partial charge in [-0.05, 0) is 12.0 Å². The second-order valence-electron chi connectivity index (χ2n) is 4.79. The monoisotopic (exact) mass is 286 g/mol. The lowest BCUT2D eigenvalue weighted by atomic mass is 9.95. The van der Waals surface area contributed by atoms with Gasteiger partial charge in [-0.1, -0.05) is 32.0 Å². The second kappa shape index (κ2) is 7.79. The number of hydrogen-bond acceptors (Lipinski definition) is 3. The highest BCUT2D eigenvalue weighted by Gasteiger charge is 2.20. The first-order chi connectivity index (χ1) is 9.45. The lowest BCUT2D eigenvalue weighted by Gasteiger charge is -2.19. The number of para-hydroxylation sites is 1. The Morgan fingerprint density at radius 3 is 2.55 bits per heavy atom. The summed E-state index contributed by atoms with van der Waals surface area (Å²) < 4.78 is 28.9. The number of carbonyl (C=O) groups excluding carboxylic acids is 1. The van der Waals surface area contributed by atoms with E-state index in [9.17, 15) is 13.6 Å². The quantitative estimate of drug-likeness (QED) is 0.807. The molecule has 0 aliphatic carbocycles. The first kappa shape index (κ1) is 16.4. The van der Waals surface area contributed by atoms with Crippen molar-refractivity contribution in [3.63, 3.8) is 0 Å². The zero-order valence-electron chi connectivity index (χ0n) is 11.6. The van der Waals surface area contributed by atoms with E-state index in [2.05, 4.69) is 10.1 Å². The molecule has 0 aliphatic rings. The number of halogens is 2. The van der Waals surface area contributed by atoms with Gasteiger partial charge in [0.1, 0.15) is 5.75 Å². The number of amides is 1. The maximum Gasteiger partial charge on any atom is 0.387 e. The number of rotatable bonds is 7. The molecule has 0 fully saturated rings. The molecule has 0 saturated heterocycles. The van der Waals surface area contributed by atoms with E-state index in [0.29, 0.717) is 5.56 Å². The predicted molar refractivity (Wildman–Crippen MR) is 72.3 cm³/mol. The number of ether oxygens (including phenoxy) is 1. The number of hydrogen-bond donors (Lipinski definition) is 2. The maximum absolute atomic E-state index is 12.3. The molecule has 0 aliphatic heterocycles. The Balaban J connectivity index is 2.67. The van der Waals surface area contributed by atoms with Gasteiger partial charge in [0.15, 0.2) is 0 Å². The average molecular weight is 286 g/mol. The van der Waals surface area contributed by atoms with Crippen molar-refractivity contribution in [3.8, 4) is 5.75 Å². The zero-order valence-corrected chi connectivity index (χ0v) is 11.6. The van der Waals surface area contributed by atoms with Crippen molar-refractivity contribution in [1.29, 1.82) is 0 Å². The molecular weight excluding hydrogens is 266 g/mol. The minimum Gasteiger partial charge on any atom is -0.434 e. The topological polar surface area (TPSA) is 64.4 Å². The molecule has 112 valence electrons. The molecule has 3 N–H and O–H groups in total. The molecule has 0 saturated carbocycles. The van der Waals surface area contributed by atoms with E-state index < -0.39 is 6.61 Å². The number of carbonyl (C=O) groups is 1. The van der Waals surface area contributed by atoms with Crippen molar-refractivity contribution in [2.45, 2.75) is 27.0 Å². The molecule has 0 spiro atoms. The van der Waals surface area contributed by atoms with Gasteiger partial charge in [0.25, 0.3) is 0 Å². The Bertz CT molecular complexity index is 439. The third-order valence-electron chi connectivity index (χ3n) is 3.04. The summed E-state index contributed by atoms with van der Waals surface area (Å²) in [7, 11) is 0. The third-order valence-corrected chi connectivity index (χ3v) is 3.04. The molecule has 4 nitrogen and oxygen atoms in total. The Morgan fingerprint density at radius 1 is 1.35 bits per heavy atom. The number of alkyl halides is 2. The van der Waals surface area contributed by atoms with Crippen molar-refractivity contribution in [1.82, 2.24) is 5.32 Å². The van der Waals surface area contributed by atoms with Crippen LogP contribution in [0.3, 0.4) is 0 Å². The van der Waals surface area contributed by atoms with Gasteiger partial charge in [0.2, 0.25) is 5.91 Å².